The van der Waals surface area contributed by atoms with E-state index in [1.165, 1.54) is 7.11 Å². The highest BCUT2D eigenvalue weighted by molar-refractivity contribution is 7.89. The number of rotatable bonds is 4. The molecule has 18 heavy (non-hydrogen) atoms. The lowest BCUT2D eigenvalue weighted by Crippen LogP contribution is -2.58. The van der Waals surface area contributed by atoms with E-state index in [0.29, 0.717) is 32.8 Å². The fraction of sp³-hybridized carbons (Fsp3) is 1.00. The highest BCUT2D eigenvalue weighted by Crippen LogP contribution is 2.24. The zero-order chi connectivity index (χ0) is 13.2. The van der Waals surface area contributed by atoms with Gasteiger partial charge in [-0.25, -0.2) is 8.42 Å². The van der Waals surface area contributed by atoms with Gasteiger partial charge >= 0.3 is 0 Å². The van der Waals surface area contributed by atoms with Gasteiger partial charge in [0.2, 0.25) is 10.0 Å². The fourth-order valence-corrected chi connectivity index (χ4v) is 4.38. The molecule has 106 valence electrons. The molecule has 6 nitrogen and oxygen atoms in total. The monoisotopic (exact) mass is 279 g/mol. The molecule has 0 bridgehead atoms. The summed E-state index contributed by atoms with van der Waals surface area (Å²) in [6.07, 6.45) is 0.280. The van der Waals surface area contributed by atoms with Crippen LogP contribution < -0.4 is 0 Å². The van der Waals surface area contributed by atoms with Crippen LogP contribution in [0, 0.1) is 0 Å². The van der Waals surface area contributed by atoms with E-state index in [1.807, 2.05) is 0 Å². The lowest BCUT2D eigenvalue weighted by molar-refractivity contribution is -0.114. The average molecular weight is 279 g/mol. The number of methoxy groups -OCH3 is 1. The van der Waals surface area contributed by atoms with Crippen LogP contribution in [0.3, 0.4) is 0 Å². The summed E-state index contributed by atoms with van der Waals surface area (Å²) in [4.78, 5) is 0. The summed E-state index contributed by atoms with van der Waals surface area (Å²) in [6, 6.07) is -0.0819. The summed E-state index contributed by atoms with van der Waals surface area (Å²) in [5, 5.41) is 0. The molecule has 0 aromatic rings. The first kappa shape index (κ1) is 14.2. The van der Waals surface area contributed by atoms with Crippen LogP contribution in [-0.4, -0.2) is 70.2 Å². The summed E-state index contributed by atoms with van der Waals surface area (Å²) >= 11 is 0. The van der Waals surface area contributed by atoms with Crippen molar-refractivity contribution in [2.45, 2.75) is 31.6 Å². The maximum absolute atomic E-state index is 12.4. The number of hydrogen-bond donors (Lipinski definition) is 0. The Bertz CT molecular complexity index is 370. The summed E-state index contributed by atoms with van der Waals surface area (Å²) in [6.45, 7) is 3.71. The molecule has 1 unspecified atom stereocenters. The van der Waals surface area contributed by atoms with E-state index in [9.17, 15) is 8.42 Å². The largest absolute Gasteiger partial charge is 0.381 e. The van der Waals surface area contributed by atoms with Gasteiger partial charge in [-0.3, -0.25) is 0 Å². The maximum atomic E-state index is 12.4. The van der Waals surface area contributed by atoms with Gasteiger partial charge in [-0.2, -0.15) is 4.31 Å². The molecule has 0 spiro atoms. The van der Waals surface area contributed by atoms with Crippen LogP contribution in [0.2, 0.25) is 0 Å². The summed E-state index contributed by atoms with van der Waals surface area (Å²) in [5.41, 5.74) is 0. The Hall–Kier alpha value is -0.210. The van der Waals surface area contributed by atoms with Gasteiger partial charge in [-0.1, -0.05) is 0 Å². The third-order valence-electron chi connectivity index (χ3n) is 3.49. The zero-order valence-corrected chi connectivity index (χ0v) is 11.7. The van der Waals surface area contributed by atoms with Gasteiger partial charge < -0.3 is 14.2 Å². The van der Waals surface area contributed by atoms with Gasteiger partial charge in [0.1, 0.15) is 0 Å². The Balaban J connectivity index is 2.10. The quantitative estimate of drug-likeness (QED) is 0.715. The number of nitrogens with zero attached hydrogens (tertiary/aromatic N) is 1. The van der Waals surface area contributed by atoms with Crippen molar-refractivity contribution < 1.29 is 22.6 Å². The molecule has 2 aliphatic rings. The molecule has 0 aromatic heterocycles. The summed E-state index contributed by atoms with van der Waals surface area (Å²) < 4.78 is 42.3. The normalized spacial score (nSPS) is 31.9. The van der Waals surface area contributed by atoms with Gasteiger partial charge in [0.15, 0.2) is 0 Å². The van der Waals surface area contributed by atoms with Crippen LogP contribution in [-0.2, 0) is 24.2 Å². The van der Waals surface area contributed by atoms with Gasteiger partial charge in [-0.15, -0.1) is 0 Å². The highest BCUT2D eigenvalue weighted by atomic mass is 32.2. The molecule has 2 heterocycles. The third-order valence-corrected chi connectivity index (χ3v) is 5.55. The van der Waals surface area contributed by atoms with Crippen molar-refractivity contribution >= 4 is 10.0 Å². The molecule has 0 saturated carbocycles. The van der Waals surface area contributed by atoms with Crippen molar-refractivity contribution in [3.63, 3.8) is 0 Å². The third kappa shape index (κ3) is 3.03. The Kier molecular flexibility index (Phi) is 4.60. The Morgan fingerprint density at radius 2 is 2.22 bits per heavy atom. The van der Waals surface area contributed by atoms with Crippen molar-refractivity contribution in [2.24, 2.45) is 0 Å². The number of ether oxygens (including phenoxy) is 3. The smallest absolute Gasteiger partial charge is 0.217 e. The minimum Gasteiger partial charge on any atom is -0.381 e. The van der Waals surface area contributed by atoms with Crippen molar-refractivity contribution in [1.29, 1.82) is 0 Å². The molecular weight excluding hydrogens is 258 g/mol. The molecule has 2 fully saturated rings. The van der Waals surface area contributed by atoms with Gasteiger partial charge in [-0.05, 0) is 13.3 Å². The van der Waals surface area contributed by atoms with E-state index in [4.69, 9.17) is 14.2 Å². The van der Waals surface area contributed by atoms with Gasteiger partial charge in [0.25, 0.3) is 0 Å². The molecule has 0 radical (unpaired) electrons. The minimum atomic E-state index is -3.29. The first-order valence-corrected chi connectivity index (χ1v) is 7.87. The summed E-state index contributed by atoms with van der Waals surface area (Å²) in [7, 11) is -1.77. The molecule has 3 atom stereocenters. The number of sulfonamides is 1. The Labute approximate surface area is 108 Å². The molecule has 0 amide bonds. The van der Waals surface area contributed by atoms with E-state index >= 15 is 0 Å². The first-order valence-electron chi connectivity index (χ1n) is 6.26. The van der Waals surface area contributed by atoms with Crippen molar-refractivity contribution in [2.75, 3.05) is 39.2 Å². The second-order valence-electron chi connectivity index (χ2n) is 4.78. The second kappa shape index (κ2) is 5.83. The number of morpholine rings is 1. The molecule has 2 aliphatic heterocycles. The van der Waals surface area contributed by atoms with Crippen molar-refractivity contribution in [3.05, 3.63) is 0 Å². The predicted molar refractivity (Wildman–Crippen MR) is 65.9 cm³/mol. The fourth-order valence-electron chi connectivity index (χ4n) is 2.45. The van der Waals surface area contributed by atoms with E-state index < -0.39 is 10.0 Å². The van der Waals surface area contributed by atoms with Crippen molar-refractivity contribution in [3.8, 4) is 0 Å². The van der Waals surface area contributed by atoms with E-state index in [0.717, 1.165) is 0 Å². The molecule has 7 heteroatoms. The molecule has 0 aromatic carbocycles. The Morgan fingerprint density at radius 1 is 1.44 bits per heavy atom. The van der Waals surface area contributed by atoms with Crippen LogP contribution in [0.4, 0.5) is 0 Å². The maximum Gasteiger partial charge on any atom is 0.217 e. The van der Waals surface area contributed by atoms with Crippen LogP contribution >= 0.6 is 0 Å². The number of hydrogen-bond acceptors (Lipinski definition) is 5. The number of fused-ring (bicyclic) bond motifs is 1. The molecule has 2 saturated heterocycles. The lowest BCUT2D eigenvalue weighted by Gasteiger charge is -2.42. The topological polar surface area (TPSA) is 65.1 Å². The van der Waals surface area contributed by atoms with E-state index in [-0.39, 0.29) is 24.0 Å². The van der Waals surface area contributed by atoms with Crippen LogP contribution in [0.15, 0.2) is 0 Å². The Morgan fingerprint density at radius 3 is 2.94 bits per heavy atom. The van der Waals surface area contributed by atoms with Gasteiger partial charge in [0, 0.05) is 20.3 Å². The van der Waals surface area contributed by atoms with Crippen LogP contribution in [0.25, 0.3) is 0 Å². The second-order valence-corrected chi connectivity index (χ2v) is 6.74. The first-order chi connectivity index (χ1) is 8.54. The minimum absolute atomic E-state index is 0.0214. The summed E-state index contributed by atoms with van der Waals surface area (Å²) in [5.74, 6) is 0.0214. The van der Waals surface area contributed by atoms with Crippen LogP contribution in [0.5, 0.6) is 0 Å². The van der Waals surface area contributed by atoms with Crippen molar-refractivity contribution in [1.82, 2.24) is 4.31 Å². The standard InChI is InChI=1S/C11H21NO5S/c1-9(15-2)8-18(13,14)12-4-6-17-11-7-16-5-3-10(11)12/h9-11H,3-8H2,1-2H3/t9?,10-,11+/m0/s1. The lowest BCUT2D eigenvalue weighted by atomic mass is 10.1. The highest BCUT2D eigenvalue weighted by Gasteiger charge is 2.41. The molecular formula is C11H21NO5S. The molecule has 2 rings (SSSR count). The predicted octanol–water partition coefficient (Wildman–Crippen LogP) is -0.159. The zero-order valence-electron chi connectivity index (χ0n) is 10.9. The van der Waals surface area contributed by atoms with E-state index in [2.05, 4.69) is 0 Å². The molecule has 0 N–H and O–H groups in total. The van der Waals surface area contributed by atoms with Crippen LogP contribution in [0.1, 0.15) is 13.3 Å². The molecule has 0 aliphatic carbocycles. The SMILES string of the molecule is COC(C)CS(=O)(=O)N1CCO[C@@H]2COCC[C@@H]21. The van der Waals surface area contributed by atoms with Gasteiger partial charge in [0.05, 0.1) is 37.2 Å². The average Bonchev–Trinajstić information content (AvgIpc) is 2.37. The van der Waals surface area contributed by atoms with E-state index in [1.54, 1.807) is 11.2 Å².